The number of rotatable bonds is 12. The average Bonchev–Trinajstić information content (AvgIpc) is 3.36. The number of unbranched alkanes of at least 4 members (excludes halogenated alkanes) is 3. The number of hydrogen-bond donors (Lipinski definition) is 1. The van der Waals surface area contributed by atoms with Gasteiger partial charge in [-0.1, -0.05) is 53.4 Å². The lowest BCUT2D eigenvalue weighted by molar-refractivity contribution is -0.0510. The molecule has 1 aromatic heterocycles. The minimum atomic E-state index is -5.84. The highest BCUT2D eigenvalue weighted by Gasteiger charge is 2.44. The van der Waals surface area contributed by atoms with Crippen LogP contribution in [0, 0.1) is 6.92 Å². The van der Waals surface area contributed by atoms with Crippen LogP contribution in [0.3, 0.4) is 0 Å². The highest BCUT2D eigenvalue weighted by Crippen LogP contribution is 2.24. The fourth-order valence-corrected chi connectivity index (χ4v) is 4.03. The summed E-state index contributed by atoms with van der Waals surface area (Å²) in [6.07, 6.45) is 16.8. The lowest BCUT2D eigenvalue weighted by Crippen LogP contribution is -2.23. The predicted molar refractivity (Wildman–Crippen MR) is 145 cm³/mol. The molecule has 1 aliphatic rings. The summed E-state index contributed by atoms with van der Waals surface area (Å²) in [5.74, 6) is 1.22. The smallest absolute Gasteiger partial charge is 0.362 e. The average molecular weight is 555 g/mol. The number of alkyl halides is 3. The van der Waals surface area contributed by atoms with Gasteiger partial charge in [0.05, 0.1) is 12.4 Å². The fourth-order valence-electron chi connectivity index (χ4n) is 4.03. The zero-order chi connectivity index (χ0) is 28.6. The van der Waals surface area contributed by atoms with Crippen molar-refractivity contribution in [2.75, 3.05) is 20.3 Å². The van der Waals surface area contributed by atoms with Gasteiger partial charge in [-0.05, 0) is 52.4 Å². The maximum absolute atomic E-state index is 10.7. The lowest BCUT2D eigenvalue weighted by atomic mass is 10.1. The first kappa shape index (κ1) is 35.2. The van der Waals surface area contributed by atoms with Crippen LogP contribution < -0.4 is 0 Å². The Balaban J connectivity index is 0.000000600. The van der Waals surface area contributed by atoms with Crippen molar-refractivity contribution in [3.05, 3.63) is 29.6 Å². The summed E-state index contributed by atoms with van der Waals surface area (Å²) in [4.78, 5) is 9.39. The second-order valence-electron chi connectivity index (χ2n) is 9.55. The Morgan fingerprint density at radius 1 is 1.00 bits per heavy atom. The van der Waals surface area contributed by atoms with Crippen molar-refractivity contribution < 1.29 is 26.1 Å². The highest BCUT2D eigenvalue weighted by atomic mass is 32.2. The summed E-state index contributed by atoms with van der Waals surface area (Å²) in [7, 11) is -3.74. The third-order valence-corrected chi connectivity index (χ3v) is 6.56. The molecule has 0 spiro atoms. The van der Waals surface area contributed by atoms with Crippen LogP contribution in [0.5, 0.6) is 0 Å². The largest absolute Gasteiger partial charge is 0.522 e. The summed E-state index contributed by atoms with van der Waals surface area (Å²) in [6, 6.07) is 0.597. The Morgan fingerprint density at radius 3 is 1.97 bits per heavy atom. The molecule has 0 saturated heterocycles. The van der Waals surface area contributed by atoms with Gasteiger partial charge in [-0.15, -0.1) is 0 Å². The highest BCUT2D eigenvalue weighted by molar-refractivity contribution is 7.86. The maximum atomic E-state index is 10.7. The molecular weight excluding hydrogens is 505 g/mol. The topological polar surface area (TPSA) is 78.7 Å². The Morgan fingerprint density at radius 2 is 1.54 bits per heavy atom. The molecule has 1 aromatic rings. The van der Waals surface area contributed by atoms with E-state index in [4.69, 9.17) is 18.0 Å². The number of aromatic nitrogens is 2. The van der Waals surface area contributed by atoms with Gasteiger partial charge in [-0.2, -0.15) is 21.6 Å². The second kappa shape index (κ2) is 17.7. The molecule has 0 amide bonds. The van der Waals surface area contributed by atoms with Gasteiger partial charge < -0.3 is 14.4 Å². The monoisotopic (exact) mass is 554 g/mol. The zero-order valence-electron chi connectivity index (χ0n) is 23.8. The third kappa shape index (κ3) is 13.6. The lowest BCUT2D eigenvalue weighted by Gasteiger charge is -2.18. The van der Waals surface area contributed by atoms with Gasteiger partial charge in [0.1, 0.15) is 5.82 Å². The number of halogens is 3. The van der Waals surface area contributed by atoms with Crippen LogP contribution in [-0.2, 0) is 23.0 Å². The van der Waals surface area contributed by atoms with E-state index < -0.39 is 15.6 Å². The molecule has 218 valence electrons. The number of hydrogen-bond acceptors (Lipinski definition) is 5. The van der Waals surface area contributed by atoms with Crippen LogP contribution in [0.25, 0.3) is 0 Å². The molecular formula is C26H49F3N4O3S. The van der Waals surface area contributed by atoms with E-state index >= 15 is 0 Å². The molecule has 0 radical (unpaired) electrons. The van der Waals surface area contributed by atoms with Crippen LogP contribution in [-0.4, -0.2) is 58.1 Å². The first-order chi connectivity index (χ1) is 17.2. The molecule has 1 aliphatic heterocycles. The Labute approximate surface area is 222 Å². The van der Waals surface area contributed by atoms with Crippen molar-refractivity contribution in [1.29, 1.82) is 0 Å². The van der Waals surface area contributed by atoms with E-state index in [0.717, 1.165) is 13.1 Å². The molecule has 1 N–H and O–H groups in total. The van der Waals surface area contributed by atoms with Crippen molar-refractivity contribution in [1.82, 2.24) is 19.4 Å². The molecule has 37 heavy (non-hydrogen) atoms. The second-order valence-corrected chi connectivity index (χ2v) is 11.0. The first-order valence-electron chi connectivity index (χ1n) is 13.5. The first-order valence-corrected chi connectivity index (χ1v) is 14.9. The minimum Gasteiger partial charge on any atom is -0.362 e. The molecule has 11 heteroatoms. The van der Waals surface area contributed by atoms with E-state index in [2.05, 4.69) is 75.4 Å². The molecule has 1 atom stereocenters. The minimum absolute atomic E-state index is 0.597. The third-order valence-electron chi connectivity index (χ3n) is 5.98. The van der Waals surface area contributed by atoms with Crippen molar-refractivity contribution in [2.24, 2.45) is 0 Å². The van der Waals surface area contributed by atoms with E-state index in [1.54, 1.807) is 0 Å². The molecule has 0 bridgehead atoms. The number of nitrogens with zero attached hydrogens (tertiary/aromatic N) is 4. The van der Waals surface area contributed by atoms with Gasteiger partial charge in [0.25, 0.3) is 0 Å². The van der Waals surface area contributed by atoms with Gasteiger partial charge in [-0.25, -0.2) is 4.98 Å². The summed E-state index contributed by atoms with van der Waals surface area (Å²) >= 11 is 0. The van der Waals surface area contributed by atoms with E-state index in [1.165, 1.54) is 81.5 Å². The fraction of sp³-hybridized carbons (Fsp3) is 0.808. The van der Waals surface area contributed by atoms with E-state index in [1.807, 2.05) is 0 Å². The van der Waals surface area contributed by atoms with Gasteiger partial charge in [0.15, 0.2) is 0 Å². The Bertz CT molecular complexity index is 886. The standard InChI is InChI=1S/C17H32N2.C8H16N2.CHF3O3S/c1-6-9-12-16-17(13-10-7-2)19(15(5)18-16)14(4)11-8-3;1-3-4-5-10-7-6-9(2)8-10;2-1(3,4)8(5,6)7/h14H,6-13H2,1-5H3;6-7H,3-5,8H2,1-2H3;(H,5,6,7). The molecule has 7 nitrogen and oxygen atoms in total. The molecule has 2 rings (SSSR count). The summed E-state index contributed by atoms with van der Waals surface area (Å²) in [6.45, 7) is 15.8. The van der Waals surface area contributed by atoms with Crippen molar-refractivity contribution in [3.63, 3.8) is 0 Å². The van der Waals surface area contributed by atoms with Gasteiger partial charge in [0.2, 0.25) is 0 Å². The summed E-state index contributed by atoms with van der Waals surface area (Å²) < 4.78 is 60.1. The maximum Gasteiger partial charge on any atom is 0.522 e. The molecule has 1 unspecified atom stereocenters. The van der Waals surface area contributed by atoms with Crippen molar-refractivity contribution >= 4 is 10.1 Å². The molecule has 0 fully saturated rings. The van der Waals surface area contributed by atoms with E-state index in [0.29, 0.717) is 6.04 Å². The number of imidazole rings is 1. The summed E-state index contributed by atoms with van der Waals surface area (Å²) in [5, 5.41) is 0. The van der Waals surface area contributed by atoms with Crippen LogP contribution in [0.1, 0.15) is 109 Å². The van der Waals surface area contributed by atoms with Crippen LogP contribution in [0.2, 0.25) is 0 Å². The molecule has 0 saturated carbocycles. The Kier molecular flexibility index (Phi) is 16.9. The van der Waals surface area contributed by atoms with E-state index in [9.17, 15) is 13.2 Å². The zero-order valence-corrected chi connectivity index (χ0v) is 24.6. The Hall–Kier alpha value is -1.75. The van der Waals surface area contributed by atoms with Gasteiger partial charge in [0, 0.05) is 37.7 Å². The number of aryl methyl sites for hydroxylation is 2. The summed E-state index contributed by atoms with van der Waals surface area (Å²) in [5.41, 5.74) is -2.64. The molecule has 2 heterocycles. The van der Waals surface area contributed by atoms with E-state index in [-0.39, 0.29) is 0 Å². The predicted octanol–water partition coefficient (Wildman–Crippen LogP) is 7.09. The normalized spacial score (nSPS) is 14.2. The van der Waals surface area contributed by atoms with Gasteiger partial charge >= 0.3 is 15.6 Å². The van der Waals surface area contributed by atoms with Gasteiger partial charge in [-0.3, -0.25) is 4.55 Å². The molecule has 0 aromatic carbocycles. The van der Waals surface area contributed by atoms with Crippen LogP contribution in [0.4, 0.5) is 13.2 Å². The van der Waals surface area contributed by atoms with Crippen molar-refractivity contribution in [3.8, 4) is 0 Å². The SMILES string of the molecule is CCCCN1C=CN(C)C1.CCCCc1nc(C)n(C(C)CCC)c1CCCC.O=S(=O)(O)C(F)(F)F. The quantitative estimate of drug-likeness (QED) is 0.219. The van der Waals surface area contributed by atoms with Crippen LogP contribution in [0.15, 0.2) is 12.4 Å². The molecule has 0 aliphatic carbocycles. The van der Waals surface area contributed by atoms with Crippen molar-refractivity contribution in [2.45, 2.75) is 117 Å². The van der Waals surface area contributed by atoms with Crippen LogP contribution >= 0.6 is 0 Å².